The van der Waals surface area contributed by atoms with Crippen LogP contribution in [0.25, 0.3) is 0 Å². The van der Waals surface area contributed by atoms with Crippen LogP contribution in [0.5, 0.6) is 5.75 Å². The lowest BCUT2D eigenvalue weighted by molar-refractivity contribution is -0.274. The van der Waals surface area contributed by atoms with Gasteiger partial charge in [-0.2, -0.15) is 0 Å². The van der Waals surface area contributed by atoms with Crippen LogP contribution in [0, 0.1) is 0 Å². The van der Waals surface area contributed by atoms with Crippen molar-refractivity contribution >= 4 is 5.69 Å². The van der Waals surface area contributed by atoms with Gasteiger partial charge >= 0.3 is 6.36 Å². The first kappa shape index (κ1) is 13.7. The molecule has 0 spiro atoms. The highest BCUT2D eigenvalue weighted by atomic mass is 19.4. The predicted octanol–water partition coefficient (Wildman–Crippen LogP) is 3.92. The highest BCUT2D eigenvalue weighted by molar-refractivity contribution is 5.52. The standard InChI is InChI=1S/C12H16F3NO/c1-11(2,3)8-5-9(16-4)7-10(6-8)17-12(13,14)15/h5-7,16H,1-4H3. The maximum absolute atomic E-state index is 12.2. The third kappa shape index (κ3) is 4.17. The molecule has 0 saturated heterocycles. The molecular formula is C12H16F3NO. The molecule has 96 valence electrons. The van der Waals surface area contributed by atoms with Crippen LogP contribution < -0.4 is 10.1 Å². The molecule has 0 atom stereocenters. The Bertz CT molecular complexity index is 394. The second kappa shape index (κ2) is 4.47. The molecule has 0 bridgehead atoms. The van der Waals surface area contributed by atoms with E-state index in [9.17, 15) is 13.2 Å². The third-order valence-electron chi connectivity index (χ3n) is 2.29. The molecule has 0 aromatic heterocycles. The van der Waals surface area contributed by atoms with Gasteiger partial charge in [0.15, 0.2) is 0 Å². The Hall–Kier alpha value is -1.39. The number of anilines is 1. The van der Waals surface area contributed by atoms with E-state index in [0.29, 0.717) is 5.69 Å². The van der Waals surface area contributed by atoms with Gasteiger partial charge in [-0.1, -0.05) is 20.8 Å². The summed E-state index contributed by atoms with van der Waals surface area (Å²) in [5, 5.41) is 2.82. The molecule has 17 heavy (non-hydrogen) atoms. The molecule has 0 saturated carbocycles. The van der Waals surface area contributed by atoms with Gasteiger partial charge in [0.1, 0.15) is 5.75 Å². The summed E-state index contributed by atoms with van der Waals surface area (Å²) in [6.07, 6.45) is -4.67. The van der Waals surface area contributed by atoms with E-state index in [1.807, 2.05) is 26.8 Å². The molecule has 1 aromatic carbocycles. The molecule has 0 radical (unpaired) electrons. The molecule has 0 amide bonds. The van der Waals surface area contributed by atoms with E-state index in [1.54, 1.807) is 7.05 Å². The van der Waals surface area contributed by atoms with E-state index in [4.69, 9.17) is 0 Å². The van der Waals surface area contributed by atoms with E-state index >= 15 is 0 Å². The molecule has 1 N–H and O–H groups in total. The lowest BCUT2D eigenvalue weighted by Crippen LogP contribution is -2.18. The van der Waals surface area contributed by atoms with Crippen molar-refractivity contribution in [2.24, 2.45) is 0 Å². The highest BCUT2D eigenvalue weighted by Crippen LogP contribution is 2.32. The zero-order valence-electron chi connectivity index (χ0n) is 10.3. The lowest BCUT2D eigenvalue weighted by Gasteiger charge is -2.21. The van der Waals surface area contributed by atoms with E-state index in [0.717, 1.165) is 5.56 Å². The summed E-state index contributed by atoms with van der Waals surface area (Å²) in [6.45, 7) is 5.79. The monoisotopic (exact) mass is 247 g/mol. The van der Waals surface area contributed by atoms with E-state index < -0.39 is 6.36 Å². The van der Waals surface area contributed by atoms with Crippen molar-refractivity contribution < 1.29 is 17.9 Å². The van der Waals surface area contributed by atoms with E-state index in [-0.39, 0.29) is 11.2 Å². The minimum atomic E-state index is -4.67. The van der Waals surface area contributed by atoms with E-state index in [1.165, 1.54) is 12.1 Å². The first-order chi connectivity index (χ1) is 7.62. The SMILES string of the molecule is CNc1cc(OC(F)(F)F)cc(C(C)(C)C)c1. The number of halogens is 3. The van der Waals surface area contributed by atoms with Crippen molar-refractivity contribution in [1.82, 2.24) is 0 Å². The third-order valence-corrected chi connectivity index (χ3v) is 2.29. The van der Waals surface area contributed by atoms with Gasteiger partial charge in [-0.15, -0.1) is 13.2 Å². The van der Waals surface area contributed by atoms with Crippen LogP contribution in [0.1, 0.15) is 26.3 Å². The van der Waals surface area contributed by atoms with Crippen molar-refractivity contribution in [2.45, 2.75) is 32.5 Å². The number of benzene rings is 1. The fraction of sp³-hybridized carbons (Fsp3) is 0.500. The summed E-state index contributed by atoms with van der Waals surface area (Å²) in [5.74, 6) is -0.200. The number of nitrogens with one attached hydrogen (secondary N) is 1. The molecule has 1 aromatic rings. The fourth-order valence-electron chi connectivity index (χ4n) is 1.37. The fourth-order valence-corrected chi connectivity index (χ4v) is 1.37. The van der Waals surface area contributed by atoms with Crippen molar-refractivity contribution in [3.05, 3.63) is 23.8 Å². The van der Waals surface area contributed by atoms with Crippen molar-refractivity contribution in [3.63, 3.8) is 0 Å². The second-order valence-corrected chi connectivity index (χ2v) is 4.79. The second-order valence-electron chi connectivity index (χ2n) is 4.79. The Morgan fingerprint density at radius 1 is 1.06 bits per heavy atom. The van der Waals surface area contributed by atoms with Gasteiger partial charge in [-0.3, -0.25) is 0 Å². The summed E-state index contributed by atoms with van der Waals surface area (Å²) in [4.78, 5) is 0. The molecule has 0 aliphatic heterocycles. The van der Waals surface area contributed by atoms with Gasteiger partial charge in [-0.05, 0) is 23.1 Å². The smallest absolute Gasteiger partial charge is 0.406 e. The molecular weight excluding hydrogens is 231 g/mol. The summed E-state index contributed by atoms with van der Waals surface area (Å²) < 4.78 is 40.4. The molecule has 1 rings (SSSR count). The van der Waals surface area contributed by atoms with Crippen LogP contribution in [0.15, 0.2) is 18.2 Å². The van der Waals surface area contributed by atoms with E-state index in [2.05, 4.69) is 10.1 Å². The van der Waals surface area contributed by atoms with Crippen LogP contribution in [0.2, 0.25) is 0 Å². The molecule has 0 unspecified atom stereocenters. The quantitative estimate of drug-likeness (QED) is 0.855. The Morgan fingerprint density at radius 2 is 1.65 bits per heavy atom. The lowest BCUT2D eigenvalue weighted by atomic mass is 9.86. The van der Waals surface area contributed by atoms with Gasteiger partial charge in [-0.25, -0.2) is 0 Å². The van der Waals surface area contributed by atoms with Crippen molar-refractivity contribution in [2.75, 3.05) is 12.4 Å². The number of ether oxygens (including phenoxy) is 1. The molecule has 0 aliphatic carbocycles. The van der Waals surface area contributed by atoms with Gasteiger partial charge in [0.25, 0.3) is 0 Å². The highest BCUT2D eigenvalue weighted by Gasteiger charge is 2.31. The summed E-state index contributed by atoms with van der Waals surface area (Å²) >= 11 is 0. The minimum absolute atomic E-state index is 0.200. The van der Waals surface area contributed by atoms with Crippen LogP contribution in [-0.4, -0.2) is 13.4 Å². The predicted molar refractivity (Wildman–Crippen MR) is 61.4 cm³/mol. The van der Waals surface area contributed by atoms with Gasteiger partial charge in [0, 0.05) is 18.8 Å². The average molecular weight is 247 g/mol. The number of hydrogen-bond donors (Lipinski definition) is 1. The molecule has 5 heteroatoms. The van der Waals surface area contributed by atoms with Gasteiger partial charge < -0.3 is 10.1 Å². The zero-order valence-corrected chi connectivity index (χ0v) is 10.3. The average Bonchev–Trinajstić information content (AvgIpc) is 2.13. The van der Waals surface area contributed by atoms with Crippen LogP contribution >= 0.6 is 0 Å². The summed E-state index contributed by atoms with van der Waals surface area (Å²) in [5.41, 5.74) is 1.14. The number of rotatable bonds is 2. The van der Waals surface area contributed by atoms with Crippen molar-refractivity contribution in [1.29, 1.82) is 0 Å². The molecule has 0 fully saturated rings. The maximum Gasteiger partial charge on any atom is 0.573 e. The Balaban J connectivity index is 3.15. The molecule has 0 aliphatic rings. The summed E-state index contributed by atoms with van der Waals surface area (Å²) in [6, 6.07) is 4.54. The van der Waals surface area contributed by atoms with Crippen LogP contribution in [0.3, 0.4) is 0 Å². The first-order valence-electron chi connectivity index (χ1n) is 5.21. The molecule has 0 heterocycles. The normalized spacial score (nSPS) is 12.4. The maximum atomic E-state index is 12.2. The van der Waals surface area contributed by atoms with Gasteiger partial charge in [0.05, 0.1) is 0 Å². The Labute approximate surface area is 98.8 Å². The van der Waals surface area contributed by atoms with Crippen molar-refractivity contribution in [3.8, 4) is 5.75 Å². The minimum Gasteiger partial charge on any atom is -0.406 e. The topological polar surface area (TPSA) is 21.3 Å². The summed E-state index contributed by atoms with van der Waals surface area (Å²) in [7, 11) is 1.65. The Kier molecular flexibility index (Phi) is 3.59. The number of hydrogen-bond acceptors (Lipinski definition) is 2. The van der Waals surface area contributed by atoms with Crippen LogP contribution in [-0.2, 0) is 5.41 Å². The molecule has 2 nitrogen and oxygen atoms in total. The van der Waals surface area contributed by atoms with Crippen LogP contribution in [0.4, 0.5) is 18.9 Å². The number of alkyl halides is 3. The van der Waals surface area contributed by atoms with Gasteiger partial charge in [0.2, 0.25) is 0 Å². The zero-order chi connectivity index (χ0) is 13.3. The largest absolute Gasteiger partial charge is 0.573 e. The first-order valence-corrected chi connectivity index (χ1v) is 5.21. The Morgan fingerprint density at radius 3 is 2.06 bits per heavy atom.